The summed E-state index contributed by atoms with van der Waals surface area (Å²) >= 11 is 0. The Hall–Kier alpha value is -2.86. The predicted octanol–water partition coefficient (Wildman–Crippen LogP) is 3.97. The number of carbonyl (C=O) groups is 2. The summed E-state index contributed by atoms with van der Waals surface area (Å²) in [6, 6.07) is 15.8. The van der Waals surface area contributed by atoms with Gasteiger partial charge in [-0.15, -0.1) is 0 Å². The molecule has 0 aliphatic carbocycles. The van der Waals surface area contributed by atoms with Crippen LogP contribution in [0.4, 0.5) is 10.5 Å². The van der Waals surface area contributed by atoms with Crippen molar-refractivity contribution in [1.82, 2.24) is 15.1 Å². The maximum Gasteiger partial charge on any atom is 0.319 e. The predicted molar refractivity (Wildman–Crippen MR) is 120 cm³/mol. The molecule has 6 heteroatoms. The zero-order valence-corrected chi connectivity index (χ0v) is 18.0. The number of hydrogen-bond donors (Lipinski definition) is 2. The first-order valence-electron chi connectivity index (χ1n) is 10.8. The average molecular weight is 409 g/mol. The Morgan fingerprint density at radius 2 is 1.60 bits per heavy atom. The van der Waals surface area contributed by atoms with Crippen molar-refractivity contribution in [3.63, 3.8) is 0 Å². The monoisotopic (exact) mass is 408 g/mol. The number of carbonyl (C=O) groups excluding carboxylic acids is 2. The Balaban J connectivity index is 1.43. The van der Waals surface area contributed by atoms with Crippen LogP contribution in [0.2, 0.25) is 0 Å². The zero-order chi connectivity index (χ0) is 21.3. The Labute approximate surface area is 179 Å². The molecule has 6 nitrogen and oxygen atoms in total. The highest BCUT2D eigenvalue weighted by molar-refractivity contribution is 5.89. The van der Waals surface area contributed by atoms with Crippen LogP contribution in [-0.2, 0) is 24.4 Å². The summed E-state index contributed by atoms with van der Waals surface area (Å²) in [5.41, 5.74) is 4.15. The Morgan fingerprint density at radius 3 is 2.20 bits per heavy atom. The van der Waals surface area contributed by atoms with Crippen LogP contribution in [0.25, 0.3) is 0 Å². The number of urea groups is 1. The van der Waals surface area contributed by atoms with E-state index < -0.39 is 0 Å². The number of benzene rings is 2. The van der Waals surface area contributed by atoms with E-state index in [-0.39, 0.29) is 11.9 Å². The Morgan fingerprint density at radius 1 is 0.967 bits per heavy atom. The van der Waals surface area contributed by atoms with E-state index in [1.54, 1.807) is 0 Å². The molecule has 2 aromatic rings. The second kappa shape index (κ2) is 10.8. The molecule has 1 saturated heterocycles. The van der Waals surface area contributed by atoms with E-state index in [1.165, 1.54) is 5.56 Å². The van der Waals surface area contributed by atoms with Crippen LogP contribution in [-0.4, -0.2) is 41.4 Å². The highest BCUT2D eigenvalue weighted by atomic mass is 16.2. The molecular weight excluding hydrogens is 376 g/mol. The summed E-state index contributed by atoms with van der Waals surface area (Å²) in [5.74, 6) is 0.220. The van der Waals surface area contributed by atoms with Gasteiger partial charge in [-0.25, -0.2) is 4.79 Å². The van der Waals surface area contributed by atoms with Crippen molar-refractivity contribution in [2.45, 2.75) is 46.3 Å². The first-order valence-corrected chi connectivity index (χ1v) is 10.8. The third-order valence-electron chi connectivity index (χ3n) is 5.53. The quantitative estimate of drug-likeness (QED) is 0.660. The van der Waals surface area contributed by atoms with Crippen LogP contribution in [0, 0.1) is 0 Å². The number of nitrogens with one attached hydrogen (secondary N) is 2. The van der Waals surface area contributed by atoms with E-state index in [9.17, 15) is 9.59 Å². The lowest BCUT2D eigenvalue weighted by molar-refractivity contribution is -0.128. The number of rotatable bonds is 9. The maximum atomic E-state index is 12.2. The molecule has 0 spiro atoms. The second-order valence-corrected chi connectivity index (χ2v) is 7.70. The number of nitrogens with zero attached hydrogens (tertiary/aromatic N) is 2. The molecule has 1 fully saturated rings. The van der Waals surface area contributed by atoms with Crippen LogP contribution in [0.1, 0.15) is 43.4 Å². The first-order chi connectivity index (χ1) is 14.6. The summed E-state index contributed by atoms with van der Waals surface area (Å²) in [6.07, 6.45) is 1.59. The lowest BCUT2D eigenvalue weighted by Gasteiger charge is -2.18. The molecule has 3 rings (SSSR count). The molecule has 30 heavy (non-hydrogen) atoms. The number of amides is 3. The van der Waals surface area contributed by atoms with Crippen molar-refractivity contribution in [2.24, 2.45) is 0 Å². The molecule has 1 aliphatic heterocycles. The minimum absolute atomic E-state index is 0.220. The summed E-state index contributed by atoms with van der Waals surface area (Å²) in [4.78, 5) is 28.2. The lowest BCUT2D eigenvalue weighted by Crippen LogP contribution is -2.28. The van der Waals surface area contributed by atoms with E-state index in [0.29, 0.717) is 19.5 Å². The molecule has 2 aromatic carbocycles. The van der Waals surface area contributed by atoms with Crippen molar-refractivity contribution in [3.8, 4) is 0 Å². The summed E-state index contributed by atoms with van der Waals surface area (Å²) in [5, 5.41) is 5.75. The fourth-order valence-corrected chi connectivity index (χ4v) is 3.61. The molecule has 0 aromatic heterocycles. The van der Waals surface area contributed by atoms with Crippen LogP contribution in [0.5, 0.6) is 0 Å². The van der Waals surface area contributed by atoms with E-state index >= 15 is 0 Å². The molecule has 0 atom stereocenters. The summed E-state index contributed by atoms with van der Waals surface area (Å²) in [7, 11) is 0. The number of hydrogen-bond acceptors (Lipinski definition) is 3. The Bertz CT molecular complexity index is 829. The summed E-state index contributed by atoms with van der Waals surface area (Å²) < 4.78 is 0. The van der Waals surface area contributed by atoms with Gasteiger partial charge >= 0.3 is 6.03 Å². The first kappa shape index (κ1) is 21.8. The van der Waals surface area contributed by atoms with Gasteiger partial charge in [-0.2, -0.15) is 0 Å². The van der Waals surface area contributed by atoms with Crippen molar-refractivity contribution in [2.75, 3.05) is 25.0 Å². The van der Waals surface area contributed by atoms with Gasteiger partial charge in [-0.1, -0.05) is 50.2 Å². The molecule has 160 valence electrons. The maximum absolute atomic E-state index is 12.2. The van der Waals surface area contributed by atoms with Crippen LogP contribution >= 0.6 is 0 Å². The molecule has 0 bridgehead atoms. The van der Waals surface area contributed by atoms with Gasteiger partial charge in [0.1, 0.15) is 0 Å². The van der Waals surface area contributed by atoms with Crippen molar-refractivity contribution < 1.29 is 9.59 Å². The van der Waals surface area contributed by atoms with E-state index in [4.69, 9.17) is 0 Å². The van der Waals surface area contributed by atoms with Gasteiger partial charge in [-0.05, 0) is 48.3 Å². The molecule has 1 heterocycles. The third kappa shape index (κ3) is 6.32. The molecule has 1 aliphatic rings. The van der Waals surface area contributed by atoms with Crippen molar-refractivity contribution in [1.29, 1.82) is 0 Å². The van der Waals surface area contributed by atoms with E-state index in [0.717, 1.165) is 49.4 Å². The largest absolute Gasteiger partial charge is 0.338 e. The number of anilines is 1. The molecule has 0 unspecified atom stereocenters. The molecule has 2 N–H and O–H groups in total. The minimum atomic E-state index is -0.232. The van der Waals surface area contributed by atoms with Crippen molar-refractivity contribution >= 4 is 17.6 Å². The van der Waals surface area contributed by atoms with Crippen LogP contribution in [0.3, 0.4) is 0 Å². The zero-order valence-electron chi connectivity index (χ0n) is 18.0. The average Bonchev–Trinajstić information content (AvgIpc) is 3.17. The van der Waals surface area contributed by atoms with Crippen LogP contribution < -0.4 is 10.6 Å². The fraction of sp³-hybridized carbons (Fsp3) is 0.417. The molecular formula is C24H32N4O2. The number of likely N-dealkylation sites (tertiary alicyclic amines) is 1. The fourth-order valence-electron chi connectivity index (χ4n) is 3.61. The topological polar surface area (TPSA) is 64.7 Å². The van der Waals surface area contributed by atoms with Gasteiger partial charge in [0.2, 0.25) is 5.91 Å². The SMILES string of the molecule is CCN(CC)Cc1ccc(CNC(=O)Nc2ccc(CN3CCCC3=O)cc2)cc1. The van der Waals surface area contributed by atoms with Crippen molar-refractivity contribution in [3.05, 3.63) is 65.2 Å². The third-order valence-corrected chi connectivity index (χ3v) is 5.53. The highest BCUT2D eigenvalue weighted by Crippen LogP contribution is 2.16. The van der Waals surface area contributed by atoms with Gasteiger partial charge in [0.05, 0.1) is 0 Å². The van der Waals surface area contributed by atoms with Gasteiger partial charge in [0.15, 0.2) is 0 Å². The highest BCUT2D eigenvalue weighted by Gasteiger charge is 2.19. The van der Waals surface area contributed by atoms with E-state index in [1.807, 2.05) is 29.2 Å². The smallest absolute Gasteiger partial charge is 0.319 e. The lowest BCUT2D eigenvalue weighted by atomic mass is 10.1. The normalized spacial score (nSPS) is 13.7. The van der Waals surface area contributed by atoms with E-state index in [2.05, 4.69) is 53.6 Å². The van der Waals surface area contributed by atoms with Gasteiger partial charge in [-0.3, -0.25) is 9.69 Å². The van der Waals surface area contributed by atoms with Gasteiger partial charge in [0, 0.05) is 38.3 Å². The van der Waals surface area contributed by atoms with Crippen LogP contribution in [0.15, 0.2) is 48.5 Å². The molecule has 0 saturated carbocycles. The molecule has 0 radical (unpaired) electrons. The summed E-state index contributed by atoms with van der Waals surface area (Å²) in [6.45, 7) is 9.31. The van der Waals surface area contributed by atoms with Gasteiger partial charge in [0.25, 0.3) is 0 Å². The second-order valence-electron chi connectivity index (χ2n) is 7.70. The minimum Gasteiger partial charge on any atom is -0.338 e. The Kier molecular flexibility index (Phi) is 7.85. The van der Waals surface area contributed by atoms with Gasteiger partial charge < -0.3 is 15.5 Å². The molecule has 3 amide bonds. The standard InChI is InChI=1S/C24H32N4O2/c1-3-27(4-2)17-20-9-7-19(8-10-20)16-25-24(30)26-22-13-11-21(12-14-22)18-28-15-5-6-23(28)29/h7-14H,3-6,15-18H2,1-2H3,(H2,25,26,30).